The quantitative estimate of drug-likeness (QED) is 0.775. The van der Waals surface area contributed by atoms with Gasteiger partial charge in [0.1, 0.15) is 5.65 Å². The smallest absolute Gasteiger partial charge is 0.137 e. The fourth-order valence-corrected chi connectivity index (χ4v) is 2.14. The maximum Gasteiger partial charge on any atom is 0.137 e. The Labute approximate surface area is 142 Å². The van der Waals surface area contributed by atoms with Crippen molar-refractivity contribution >= 4 is 30.5 Å². The molecule has 0 spiro atoms. The van der Waals surface area contributed by atoms with Gasteiger partial charge < -0.3 is 14.9 Å². The molecule has 118 valence electrons. The highest BCUT2D eigenvalue weighted by Gasteiger charge is 2.01. The number of hydrogen-bond acceptors (Lipinski definition) is 3. The molecular weight excluding hydrogens is 321 g/mol. The number of nitrogens with two attached hydrogens (primary N) is 1. The molecule has 22 heavy (non-hydrogen) atoms. The first-order valence-corrected chi connectivity index (χ1v) is 6.63. The largest absolute Gasteiger partial charge is 0.372 e. The second kappa shape index (κ2) is 8.76. The molecule has 6 heteroatoms. The van der Waals surface area contributed by atoms with Gasteiger partial charge in [-0.05, 0) is 17.2 Å². The highest BCUT2D eigenvalue weighted by Crippen LogP contribution is 2.10. The van der Waals surface area contributed by atoms with Crippen LogP contribution in [0, 0.1) is 0 Å². The molecule has 2 N–H and O–H groups in total. The van der Waals surface area contributed by atoms with Gasteiger partial charge in [-0.15, -0.1) is 24.8 Å². The Balaban J connectivity index is 0.00000121. The van der Waals surface area contributed by atoms with Gasteiger partial charge in [0.15, 0.2) is 0 Å². The first-order valence-electron chi connectivity index (χ1n) is 6.63. The van der Waals surface area contributed by atoms with E-state index in [2.05, 4.69) is 17.1 Å². The topological polar surface area (TPSA) is 52.5 Å². The summed E-state index contributed by atoms with van der Waals surface area (Å²) in [4.78, 5) is 4.40. The Kier molecular flexibility index (Phi) is 7.35. The molecule has 0 radical (unpaired) electrons. The van der Waals surface area contributed by atoms with Crippen LogP contribution in [-0.2, 0) is 24.5 Å². The molecule has 2 aromatic heterocycles. The molecule has 0 amide bonds. The van der Waals surface area contributed by atoms with Gasteiger partial charge in [-0.1, -0.05) is 36.4 Å². The van der Waals surface area contributed by atoms with Gasteiger partial charge in [0.2, 0.25) is 0 Å². The van der Waals surface area contributed by atoms with Crippen LogP contribution in [0.1, 0.15) is 16.8 Å². The van der Waals surface area contributed by atoms with E-state index in [1.54, 1.807) is 0 Å². The fourth-order valence-electron chi connectivity index (χ4n) is 2.14. The zero-order valence-corrected chi connectivity index (χ0v) is 13.6. The Morgan fingerprint density at radius 2 is 1.64 bits per heavy atom. The third-order valence-corrected chi connectivity index (χ3v) is 3.15. The summed E-state index contributed by atoms with van der Waals surface area (Å²) in [5, 5.41) is 0. The van der Waals surface area contributed by atoms with Crippen LogP contribution in [0.15, 0.2) is 54.9 Å². The minimum atomic E-state index is 0. The molecule has 4 nitrogen and oxygen atoms in total. The van der Waals surface area contributed by atoms with Crippen LogP contribution in [-0.4, -0.2) is 9.38 Å². The average molecular weight is 340 g/mol. The minimum Gasteiger partial charge on any atom is -0.372 e. The van der Waals surface area contributed by atoms with Crippen molar-refractivity contribution in [3.05, 3.63) is 71.7 Å². The molecule has 0 saturated heterocycles. The van der Waals surface area contributed by atoms with Gasteiger partial charge in [-0.3, -0.25) is 0 Å². The van der Waals surface area contributed by atoms with E-state index in [4.69, 9.17) is 10.5 Å². The van der Waals surface area contributed by atoms with Crippen LogP contribution in [0.5, 0.6) is 0 Å². The number of aromatic nitrogens is 2. The van der Waals surface area contributed by atoms with Gasteiger partial charge in [-0.2, -0.15) is 0 Å². The number of hydrogen-bond donors (Lipinski definition) is 1. The molecule has 0 saturated carbocycles. The third-order valence-electron chi connectivity index (χ3n) is 3.15. The lowest BCUT2D eigenvalue weighted by molar-refractivity contribution is 0.107. The highest BCUT2D eigenvalue weighted by atomic mass is 35.5. The van der Waals surface area contributed by atoms with E-state index in [1.165, 1.54) is 5.56 Å². The summed E-state index contributed by atoms with van der Waals surface area (Å²) in [6.07, 6.45) is 3.99. The van der Waals surface area contributed by atoms with Gasteiger partial charge in [0.25, 0.3) is 0 Å². The second-order valence-electron chi connectivity index (χ2n) is 4.72. The molecule has 3 aromatic rings. The summed E-state index contributed by atoms with van der Waals surface area (Å²) in [6.45, 7) is 1.67. The number of ether oxygens (including phenoxy) is 1. The zero-order valence-electron chi connectivity index (χ0n) is 12.0. The van der Waals surface area contributed by atoms with Crippen molar-refractivity contribution < 1.29 is 4.74 Å². The van der Waals surface area contributed by atoms with E-state index in [0.717, 1.165) is 16.9 Å². The van der Waals surface area contributed by atoms with Crippen LogP contribution < -0.4 is 5.73 Å². The van der Waals surface area contributed by atoms with Crippen molar-refractivity contribution in [2.45, 2.75) is 19.8 Å². The van der Waals surface area contributed by atoms with Crippen LogP contribution in [0.3, 0.4) is 0 Å². The molecule has 0 aliphatic carbocycles. The van der Waals surface area contributed by atoms with Crippen molar-refractivity contribution in [1.82, 2.24) is 9.38 Å². The molecule has 3 rings (SSSR count). The molecule has 1 aromatic carbocycles. The lowest BCUT2D eigenvalue weighted by atomic mass is 10.2. The molecule has 2 heterocycles. The molecule has 0 unspecified atom stereocenters. The number of benzene rings is 1. The number of rotatable bonds is 5. The molecule has 0 atom stereocenters. The average Bonchev–Trinajstić information content (AvgIpc) is 2.91. The van der Waals surface area contributed by atoms with E-state index in [1.807, 2.05) is 47.1 Å². The summed E-state index contributed by atoms with van der Waals surface area (Å²) in [5.74, 6) is 0. The SMILES string of the molecule is Cl.Cl.NCc1cn2cc(COCc3ccccc3)ccc2n1. The summed E-state index contributed by atoms with van der Waals surface area (Å²) in [7, 11) is 0. The van der Waals surface area contributed by atoms with Crippen LogP contribution >= 0.6 is 24.8 Å². The van der Waals surface area contributed by atoms with Crippen LogP contribution in [0.25, 0.3) is 5.65 Å². The summed E-state index contributed by atoms with van der Waals surface area (Å²) < 4.78 is 7.72. The Hall–Kier alpha value is -1.59. The van der Waals surface area contributed by atoms with Crippen LogP contribution in [0.4, 0.5) is 0 Å². The van der Waals surface area contributed by atoms with E-state index in [0.29, 0.717) is 19.8 Å². The Morgan fingerprint density at radius 3 is 2.36 bits per heavy atom. The first-order chi connectivity index (χ1) is 9.85. The fraction of sp³-hybridized carbons (Fsp3) is 0.188. The number of nitrogens with zero attached hydrogens (tertiary/aromatic N) is 2. The number of imidazole rings is 1. The normalized spacial score (nSPS) is 10.0. The van der Waals surface area contributed by atoms with Crippen molar-refractivity contribution in [3.8, 4) is 0 Å². The predicted molar refractivity (Wildman–Crippen MR) is 92.5 cm³/mol. The van der Waals surface area contributed by atoms with Gasteiger partial charge in [0, 0.05) is 18.9 Å². The number of pyridine rings is 1. The lowest BCUT2D eigenvalue weighted by Crippen LogP contribution is -1.96. The van der Waals surface area contributed by atoms with Gasteiger partial charge >= 0.3 is 0 Å². The van der Waals surface area contributed by atoms with Crippen molar-refractivity contribution in [1.29, 1.82) is 0 Å². The molecular formula is C16H19Cl2N3O. The predicted octanol–water partition coefficient (Wildman–Crippen LogP) is 3.35. The van der Waals surface area contributed by atoms with Gasteiger partial charge in [0.05, 0.1) is 18.9 Å². The maximum atomic E-state index is 5.73. The van der Waals surface area contributed by atoms with E-state index in [-0.39, 0.29) is 24.8 Å². The Morgan fingerprint density at radius 1 is 0.909 bits per heavy atom. The summed E-state index contributed by atoms with van der Waals surface area (Å²) >= 11 is 0. The highest BCUT2D eigenvalue weighted by molar-refractivity contribution is 5.85. The first kappa shape index (κ1) is 18.5. The van der Waals surface area contributed by atoms with Crippen LogP contribution in [0.2, 0.25) is 0 Å². The van der Waals surface area contributed by atoms with E-state index in [9.17, 15) is 0 Å². The standard InChI is InChI=1S/C16H17N3O.2ClH/c17-8-15-10-19-9-14(6-7-16(19)18-15)12-20-11-13-4-2-1-3-5-13;;/h1-7,9-10H,8,11-12,17H2;2*1H. The molecule has 0 aliphatic rings. The maximum absolute atomic E-state index is 5.73. The van der Waals surface area contributed by atoms with Crippen molar-refractivity contribution in [2.24, 2.45) is 5.73 Å². The van der Waals surface area contributed by atoms with Crippen molar-refractivity contribution in [2.75, 3.05) is 0 Å². The monoisotopic (exact) mass is 339 g/mol. The molecule has 0 bridgehead atoms. The third kappa shape index (κ3) is 4.45. The molecule has 0 fully saturated rings. The van der Waals surface area contributed by atoms with E-state index < -0.39 is 0 Å². The summed E-state index contributed by atoms with van der Waals surface area (Å²) in [5.41, 5.74) is 9.71. The van der Waals surface area contributed by atoms with E-state index >= 15 is 0 Å². The minimum absolute atomic E-state index is 0. The second-order valence-corrected chi connectivity index (χ2v) is 4.72. The summed E-state index contributed by atoms with van der Waals surface area (Å²) in [6, 6.07) is 14.2. The van der Waals surface area contributed by atoms with Gasteiger partial charge in [-0.25, -0.2) is 4.98 Å². The number of halogens is 2. The molecule has 0 aliphatic heterocycles. The Bertz CT molecular complexity index is 701. The zero-order chi connectivity index (χ0) is 13.8. The lowest BCUT2D eigenvalue weighted by Gasteiger charge is -2.05. The van der Waals surface area contributed by atoms with Crippen molar-refractivity contribution in [3.63, 3.8) is 0 Å². The number of fused-ring (bicyclic) bond motifs is 1.